The summed E-state index contributed by atoms with van der Waals surface area (Å²) in [6.45, 7) is 8.66. The number of carbonyl (C=O) groups is 2. The molecule has 3 aromatic carbocycles. The van der Waals surface area contributed by atoms with Crippen LogP contribution in [0.25, 0.3) is 0 Å². The Morgan fingerprint density at radius 1 is 1.10 bits per heavy atom. The van der Waals surface area contributed by atoms with Gasteiger partial charge in [-0.2, -0.15) is 0 Å². The lowest BCUT2D eigenvalue weighted by Gasteiger charge is -2.37. The summed E-state index contributed by atoms with van der Waals surface area (Å²) >= 11 is 3.70. The fourth-order valence-electron chi connectivity index (χ4n) is 8.28. The SMILES string of the molecule is COc1ccc([Si](C)(C)[C@H]2[C@H](CCn3cc(CCO)nn3)O[C@@]3(C(=O)N(Cc4cccc(N5CCOC5=O)c4)c4ccc(Br)cc43)[C@@H]2C)cc1. The normalized spacial score (nSPS) is 23.2. The summed E-state index contributed by atoms with van der Waals surface area (Å²) in [4.78, 5) is 30.9. The predicted molar refractivity (Wildman–Crippen MR) is 195 cm³/mol. The van der Waals surface area contributed by atoms with Crippen molar-refractivity contribution >= 4 is 52.6 Å². The highest BCUT2D eigenvalue weighted by Gasteiger charge is 2.66. The number of aliphatic hydroxyl groups excluding tert-OH is 1. The number of carbonyl (C=O) groups excluding carboxylic acids is 2. The van der Waals surface area contributed by atoms with Crippen LogP contribution in [0.15, 0.2) is 77.4 Å². The van der Waals surface area contributed by atoms with Crippen molar-refractivity contribution in [3.8, 4) is 5.75 Å². The van der Waals surface area contributed by atoms with E-state index in [2.05, 4.69) is 58.4 Å². The van der Waals surface area contributed by atoms with Crippen LogP contribution >= 0.6 is 15.9 Å². The first-order valence-corrected chi connectivity index (χ1v) is 20.9. The Morgan fingerprint density at radius 2 is 1.90 bits per heavy atom. The monoisotopic (exact) mass is 759 g/mol. The van der Waals surface area contributed by atoms with E-state index in [0.29, 0.717) is 39.1 Å². The molecule has 1 N–H and O–H groups in total. The first-order chi connectivity index (χ1) is 24.1. The Bertz CT molecular complexity index is 1900. The minimum atomic E-state index is -2.33. The van der Waals surface area contributed by atoms with E-state index in [-0.39, 0.29) is 36.2 Å². The number of halogens is 1. The van der Waals surface area contributed by atoms with E-state index in [1.807, 2.05) is 65.7 Å². The molecule has 1 aromatic heterocycles. The molecule has 4 atom stereocenters. The van der Waals surface area contributed by atoms with Crippen LogP contribution in [0.1, 0.15) is 30.2 Å². The number of ether oxygens (including phenoxy) is 3. The highest BCUT2D eigenvalue weighted by atomic mass is 79.9. The van der Waals surface area contributed by atoms with Crippen LogP contribution < -0.4 is 19.7 Å². The number of nitrogens with zero attached hydrogens (tertiary/aromatic N) is 5. The summed E-state index contributed by atoms with van der Waals surface area (Å²) in [6, 6.07) is 22.1. The van der Waals surface area contributed by atoms with Gasteiger partial charge in [-0.1, -0.05) is 70.6 Å². The van der Waals surface area contributed by atoms with Crippen LogP contribution in [-0.4, -0.2) is 73.1 Å². The summed E-state index contributed by atoms with van der Waals surface area (Å²) in [5.41, 5.74) is 2.93. The van der Waals surface area contributed by atoms with Gasteiger partial charge in [0.25, 0.3) is 5.91 Å². The van der Waals surface area contributed by atoms with Gasteiger partial charge in [-0.05, 0) is 60.0 Å². The Morgan fingerprint density at radius 3 is 2.62 bits per heavy atom. The van der Waals surface area contributed by atoms with Crippen LogP contribution in [0.3, 0.4) is 0 Å². The quantitative estimate of drug-likeness (QED) is 0.202. The number of aryl methyl sites for hydroxylation is 1. The average molecular weight is 761 g/mol. The molecule has 4 heterocycles. The molecule has 262 valence electrons. The summed E-state index contributed by atoms with van der Waals surface area (Å²) in [5.74, 6) is 0.563. The van der Waals surface area contributed by atoms with Gasteiger partial charge in [0, 0.05) is 47.4 Å². The number of benzene rings is 3. The molecule has 0 aliphatic carbocycles. The van der Waals surface area contributed by atoms with Gasteiger partial charge in [-0.25, -0.2) is 4.79 Å². The van der Waals surface area contributed by atoms with Gasteiger partial charge in [0.1, 0.15) is 12.4 Å². The summed E-state index contributed by atoms with van der Waals surface area (Å²) in [5, 5.41) is 19.2. The average Bonchev–Trinajstić information content (AvgIpc) is 3.87. The van der Waals surface area contributed by atoms with Gasteiger partial charge < -0.3 is 24.2 Å². The molecule has 4 aromatic rings. The molecule has 3 aliphatic rings. The van der Waals surface area contributed by atoms with E-state index in [0.717, 1.165) is 38.4 Å². The highest BCUT2D eigenvalue weighted by Crippen LogP contribution is 2.60. The van der Waals surface area contributed by atoms with E-state index < -0.39 is 13.7 Å². The Balaban J connectivity index is 1.27. The van der Waals surface area contributed by atoms with Crippen molar-refractivity contribution < 1.29 is 28.9 Å². The molecule has 2 amide bonds. The zero-order chi connectivity index (χ0) is 35.2. The number of rotatable bonds is 11. The summed E-state index contributed by atoms with van der Waals surface area (Å²) in [7, 11) is -0.657. The fourth-order valence-corrected chi connectivity index (χ4v) is 12.7. The number of fused-ring (bicyclic) bond motifs is 2. The van der Waals surface area contributed by atoms with Crippen molar-refractivity contribution in [1.82, 2.24) is 15.0 Å². The van der Waals surface area contributed by atoms with Crippen LogP contribution in [0.5, 0.6) is 5.75 Å². The third-order valence-electron chi connectivity index (χ3n) is 10.7. The third-order valence-corrected chi connectivity index (χ3v) is 15.6. The number of hydrogen-bond acceptors (Lipinski definition) is 8. The van der Waals surface area contributed by atoms with Gasteiger partial charge in [0.2, 0.25) is 0 Å². The second-order valence-electron chi connectivity index (χ2n) is 13.9. The summed E-state index contributed by atoms with van der Waals surface area (Å²) < 4.78 is 20.6. The molecule has 3 aliphatic heterocycles. The molecule has 0 unspecified atom stereocenters. The number of aliphatic hydroxyl groups is 1. The van der Waals surface area contributed by atoms with Crippen LogP contribution in [0.2, 0.25) is 18.6 Å². The van der Waals surface area contributed by atoms with Gasteiger partial charge in [0.05, 0.1) is 45.8 Å². The molecule has 1 spiro atoms. The van der Waals surface area contributed by atoms with Crippen LogP contribution in [0.4, 0.5) is 16.2 Å². The van der Waals surface area contributed by atoms with Crippen molar-refractivity contribution in [3.63, 3.8) is 0 Å². The smallest absolute Gasteiger partial charge is 0.414 e. The standard InChI is InChI=1S/C37H42BrN5O6Si/c1-24-34(50(3,4)30-11-9-29(47-2)10-12-30)33(14-16-41-23-27(15-18-44)39-40-41)49-37(24)31-21-26(38)8-13-32(31)43(35(37)45)22-25-6-5-7-28(20-25)42-17-19-48-36(42)46/h5-13,20-21,23-24,33-34,44H,14-19,22H2,1-4H3/t24-,33+,34-,37+/m1/s1. The van der Waals surface area contributed by atoms with Crippen molar-refractivity contribution in [3.05, 3.63) is 94.2 Å². The maximum atomic E-state index is 15.1. The first kappa shape index (κ1) is 34.4. The molecule has 2 fully saturated rings. The minimum Gasteiger partial charge on any atom is -0.497 e. The van der Waals surface area contributed by atoms with Crippen molar-refractivity contribution in [1.29, 1.82) is 0 Å². The maximum absolute atomic E-state index is 15.1. The molecule has 13 heteroatoms. The largest absolute Gasteiger partial charge is 0.497 e. The molecule has 7 rings (SSSR count). The molecule has 11 nitrogen and oxygen atoms in total. The number of amides is 2. The third kappa shape index (κ3) is 5.93. The van der Waals surface area contributed by atoms with Crippen molar-refractivity contribution in [2.75, 3.05) is 36.7 Å². The Labute approximate surface area is 301 Å². The van der Waals surface area contributed by atoms with E-state index in [1.165, 1.54) is 5.19 Å². The molecule has 0 bridgehead atoms. The molecular weight excluding hydrogens is 718 g/mol. The van der Waals surface area contributed by atoms with E-state index in [1.54, 1.807) is 16.7 Å². The summed E-state index contributed by atoms with van der Waals surface area (Å²) in [6.07, 6.45) is 2.34. The topological polar surface area (TPSA) is 119 Å². The molecular formula is C37H42BrN5O6Si. The predicted octanol–water partition coefficient (Wildman–Crippen LogP) is 5.39. The number of cyclic esters (lactones) is 1. The number of methoxy groups -OCH3 is 1. The van der Waals surface area contributed by atoms with E-state index in [4.69, 9.17) is 14.2 Å². The lowest BCUT2D eigenvalue weighted by atomic mass is 9.82. The number of aromatic nitrogens is 3. The first-order valence-electron chi connectivity index (χ1n) is 17.0. The number of anilines is 2. The van der Waals surface area contributed by atoms with Crippen molar-refractivity contribution in [2.45, 2.75) is 63.2 Å². The lowest BCUT2D eigenvalue weighted by molar-refractivity contribution is -0.146. The fraction of sp³-hybridized carbons (Fsp3) is 0.405. The van der Waals surface area contributed by atoms with Gasteiger partial charge in [-0.3, -0.25) is 14.4 Å². The second-order valence-corrected chi connectivity index (χ2v) is 19.5. The Hall–Kier alpha value is -4.04. The lowest BCUT2D eigenvalue weighted by Crippen LogP contribution is -2.51. The zero-order valence-corrected chi connectivity index (χ0v) is 31.3. The van der Waals surface area contributed by atoms with Gasteiger partial charge in [0.15, 0.2) is 5.60 Å². The van der Waals surface area contributed by atoms with Gasteiger partial charge in [-0.15, -0.1) is 5.10 Å². The molecule has 50 heavy (non-hydrogen) atoms. The maximum Gasteiger partial charge on any atom is 0.414 e. The molecule has 0 radical (unpaired) electrons. The molecule has 0 saturated carbocycles. The number of hydrogen-bond donors (Lipinski definition) is 1. The van der Waals surface area contributed by atoms with E-state index in [9.17, 15) is 9.90 Å². The van der Waals surface area contributed by atoms with Crippen LogP contribution in [-0.2, 0) is 39.4 Å². The van der Waals surface area contributed by atoms with Crippen LogP contribution in [0, 0.1) is 5.92 Å². The second kappa shape index (κ2) is 13.6. The molecule has 2 saturated heterocycles. The van der Waals surface area contributed by atoms with E-state index >= 15 is 4.79 Å². The minimum absolute atomic E-state index is 0.0108. The zero-order valence-electron chi connectivity index (χ0n) is 28.7. The Kier molecular flexibility index (Phi) is 9.35. The van der Waals surface area contributed by atoms with Gasteiger partial charge >= 0.3 is 6.09 Å². The highest BCUT2D eigenvalue weighted by molar-refractivity contribution is 9.10. The van der Waals surface area contributed by atoms with Crippen molar-refractivity contribution in [2.24, 2.45) is 5.92 Å².